The summed E-state index contributed by atoms with van der Waals surface area (Å²) in [5.41, 5.74) is 0.506. The van der Waals surface area contributed by atoms with Gasteiger partial charge < -0.3 is 9.47 Å². The third-order valence-electron chi connectivity index (χ3n) is 2.78. The van der Waals surface area contributed by atoms with Crippen molar-refractivity contribution in [3.8, 4) is 11.5 Å². The zero-order chi connectivity index (χ0) is 13.7. The van der Waals surface area contributed by atoms with E-state index in [1.165, 1.54) is 4.88 Å². The number of rotatable bonds is 6. The molecule has 1 heterocycles. The largest absolute Gasteiger partial charge is 0.493 e. The van der Waals surface area contributed by atoms with Crippen LogP contribution in [0.3, 0.4) is 0 Å². The number of aryl methyl sites for hydroxylation is 1. The Balaban J connectivity index is 2.16. The second kappa shape index (κ2) is 6.38. The molecule has 0 N–H and O–H groups in total. The molecule has 0 amide bonds. The molecule has 2 rings (SSSR count). The molecule has 100 valence electrons. The maximum absolute atomic E-state index is 11.0. The molecule has 0 spiro atoms. The lowest BCUT2D eigenvalue weighted by Gasteiger charge is -2.11. The van der Waals surface area contributed by atoms with Gasteiger partial charge in [-0.2, -0.15) is 0 Å². The van der Waals surface area contributed by atoms with Crippen molar-refractivity contribution < 1.29 is 14.3 Å². The smallest absolute Gasteiger partial charge is 0.172 e. The van der Waals surface area contributed by atoms with Crippen LogP contribution in [0, 0.1) is 0 Å². The molecule has 0 aliphatic rings. The number of ether oxygens (including phenoxy) is 2. The number of aldehydes is 1. The predicted molar refractivity (Wildman–Crippen MR) is 76.4 cm³/mol. The molecule has 0 fully saturated rings. The minimum atomic E-state index is 0.450. The first-order valence-corrected chi connectivity index (χ1v) is 6.92. The molecule has 2 aromatic rings. The Morgan fingerprint density at radius 2 is 2.00 bits per heavy atom. The number of carbonyl (C=O) groups is 1. The van der Waals surface area contributed by atoms with Crippen LogP contribution >= 0.6 is 11.3 Å². The van der Waals surface area contributed by atoms with Crippen molar-refractivity contribution in [1.82, 2.24) is 0 Å². The molecule has 0 bridgehead atoms. The number of benzene rings is 1. The summed E-state index contributed by atoms with van der Waals surface area (Å²) in [6.45, 7) is 2.58. The van der Waals surface area contributed by atoms with Crippen molar-refractivity contribution in [3.05, 3.63) is 45.6 Å². The maximum Gasteiger partial charge on any atom is 0.172 e. The Bertz CT molecular complexity index is 560. The zero-order valence-electron chi connectivity index (χ0n) is 11.0. The van der Waals surface area contributed by atoms with E-state index < -0.39 is 0 Å². The van der Waals surface area contributed by atoms with Crippen LogP contribution in [0.5, 0.6) is 11.5 Å². The van der Waals surface area contributed by atoms with Crippen molar-refractivity contribution in [1.29, 1.82) is 0 Å². The molecule has 0 aliphatic carbocycles. The van der Waals surface area contributed by atoms with Gasteiger partial charge in [0, 0.05) is 9.75 Å². The van der Waals surface area contributed by atoms with Gasteiger partial charge in [0.05, 0.1) is 12.7 Å². The summed E-state index contributed by atoms with van der Waals surface area (Å²) in [6.07, 6.45) is 1.81. The van der Waals surface area contributed by atoms with Gasteiger partial charge in [0.25, 0.3) is 0 Å². The lowest BCUT2D eigenvalue weighted by molar-refractivity contribution is 0.111. The van der Waals surface area contributed by atoms with Crippen molar-refractivity contribution in [2.75, 3.05) is 7.11 Å². The molecule has 4 heteroatoms. The highest BCUT2D eigenvalue weighted by atomic mass is 32.1. The van der Waals surface area contributed by atoms with E-state index >= 15 is 0 Å². The average molecular weight is 276 g/mol. The summed E-state index contributed by atoms with van der Waals surface area (Å²) < 4.78 is 11.0. The van der Waals surface area contributed by atoms with E-state index in [9.17, 15) is 4.79 Å². The van der Waals surface area contributed by atoms with Crippen molar-refractivity contribution in [2.45, 2.75) is 20.0 Å². The highest BCUT2D eigenvalue weighted by molar-refractivity contribution is 7.11. The van der Waals surface area contributed by atoms with Gasteiger partial charge in [0.2, 0.25) is 0 Å². The van der Waals surface area contributed by atoms with E-state index in [4.69, 9.17) is 9.47 Å². The van der Waals surface area contributed by atoms with Gasteiger partial charge in [-0.15, -0.1) is 11.3 Å². The summed E-state index contributed by atoms with van der Waals surface area (Å²) in [5.74, 6) is 1.09. The van der Waals surface area contributed by atoms with Gasteiger partial charge in [-0.25, -0.2) is 0 Å². The van der Waals surface area contributed by atoms with Crippen LogP contribution in [0.1, 0.15) is 27.0 Å². The SMILES string of the molecule is CCc1ccc(COc2c(C=O)cccc2OC)s1. The number of para-hydroxylation sites is 1. The van der Waals surface area contributed by atoms with E-state index in [1.807, 2.05) is 0 Å². The molecule has 0 aliphatic heterocycles. The van der Waals surface area contributed by atoms with Crippen LogP contribution in [0.2, 0.25) is 0 Å². The molecule has 1 aromatic heterocycles. The number of thiophene rings is 1. The van der Waals surface area contributed by atoms with E-state index in [-0.39, 0.29) is 0 Å². The third-order valence-corrected chi connectivity index (χ3v) is 3.98. The van der Waals surface area contributed by atoms with E-state index in [0.717, 1.165) is 17.6 Å². The van der Waals surface area contributed by atoms with Gasteiger partial charge in [-0.05, 0) is 30.7 Å². The minimum Gasteiger partial charge on any atom is -0.493 e. The lowest BCUT2D eigenvalue weighted by atomic mass is 10.2. The molecular weight excluding hydrogens is 260 g/mol. The zero-order valence-corrected chi connectivity index (χ0v) is 11.8. The Kier molecular flexibility index (Phi) is 4.58. The van der Waals surface area contributed by atoms with Gasteiger partial charge in [0.15, 0.2) is 17.8 Å². The molecule has 0 saturated carbocycles. The second-order valence-corrected chi connectivity index (χ2v) is 5.26. The summed E-state index contributed by atoms with van der Waals surface area (Å²) in [4.78, 5) is 13.5. The second-order valence-electron chi connectivity index (χ2n) is 4.01. The number of methoxy groups -OCH3 is 1. The predicted octanol–water partition coefficient (Wildman–Crippen LogP) is 3.71. The van der Waals surface area contributed by atoms with Gasteiger partial charge in [-0.3, -0.25) is 4.79 Å². The molecule has 0 unspecified atom stereocenters. The molecule has 0 radical (unpaired) electrons. The van der Waals surface area contributed by atoms with Gasteiger partial charge in [0.1, 0.15) is 6.61 Å². The Morgan fingerprint density at radius 1 is 1.21 bits per heavy atom. The summed E-state index contributed by atoms with van der Waals surface area (Å²) in [5, 5.41) is 0. The number of carbonyl (C=O) groups excluding carboxylic acids is 1. The molecule has 0 saturated heterocycles. The summed E-state index contributed by atoms with van der Waals surface area (Å²) in [7, 11) is 1.57. The Hall–Kier alpha value is -1.81. The average Bonchev–Trinajstić information content (AvgIpc) is 2.92. The molecule has 19 heavy (non-hydrogen) atoms. The monoisotopic (exact) mass is 276 g/mol. The molecular formula is C15H16O3S. The van der Waals surface area contributed by atoms with Gasteiger partial charge in [-0.1, -0.05) is 13.0 Å². The normalized spacial score (nSPS) is 10.2. The lowest BCUT2D eigenvalue weighted by Crippen LogP contribution is -1.99. The highest BCUT2D eigenvalue weighted by Gasteiger charge is 2.10. The quantitative estimate of drug-likeness (QED) is 0.754. The standard InChI is InChI=1S/C15H16O3S/c1-3-12-7-8-13(19-12)10-18-15-11(9-16)5-4-6-14(15)17-2/h4-9H,3,10H2,1-2H3. The minimum absolute atomic E-state index is 0.450. The first kappa shape index (κ1) is 13.6. The Morgan fingerprint density at radius 3 is 2.63 bits per heavy atom. The van der Waals surface area contributed by atoms with Crippen LogP contribution in [0.15, 0.2) is 30.3 Å². The van der Waals surface area contributed by atoms with Crippen LogP contribution in [-0.4, -0.2) is 13.4 Å². The fourth-order valence-electron chi connectivity index (χ4n) is 1.77. The summed E-state index contributed by atoms with van der Waals surface area (Å²) in [6, 6.07) is 9.44. The molecule has 3 nitrogen and oxygen atoms in total. The van der Waals surface area contributed by atoms with E-state index in [2.05, 4.69) is 19.1 Å². The highest BCUT2D eigenvalue weighted by Crippen LogP contribution is 2.31. The number of hydrogen-bond donors (Lipinski definition) is 0. The van der Waals surface area contributed by atoms with Crippen LogP contribution in [0.4, 0.5) is 0 Å². The van der Waals surface area contributed by atoms with Crippen molar-refractivity contribution in [3.63, 3.8) is 0 Å². The molecule has 1 aromatic carbocycles. The van der Waals surface area contributed by atoms with Crippen molar-refractivity contribution in [2.24, 2.45) is 0 Å². The van der Waals surface area contributed by atoms with Gasteiger partial charge >= 0.3 is 0 Å². The van der Waals surface area contributed by atoms with Crippen molar-refractivity contribution >= 4 is 17.6 Å². The topological polar surface area (TPSA) is 35.5 Å². The molecule has 0 atom stereocenters. The van der Waals surface area contributed by atoms with E-state index in [1.54, 1.807) is 36.6 Å². The fraction of sp³-hybridized carbons (Fsp3) is 0.267. The van der Waals surface area contributed by atoms with E-state index in [0.29, 0.717) is 23.7 Å². The first-order valence-electron chi connectivity index (χ1n) is 6.11. The number of hydrogen-bond acceptors (Lipinski definition) is 4. The first-order chi connectivity index (χ1) is 9.28. The Labute approximate surface area is 116 Å². The maximum atomic E-state index is 11.0. The van der Waals surface area contributed by atoms with Crippen LogP contribution in [0.25, 0.3) is 0 Å². The fourth-order valence-corrected chi connectivity index (χ4v) is 2.65. The van der Waals surface area contributed by atoms with Crippen LogP contribution in [-0.2, 0) is 13.0 Å². The van der Waals surface area contributed by atoms with Crippen LogP contribution < -0.4 is 9.47 Å². The summed E-state index contributed by atoms with van der Waals surface area (Å²) >= 11 is 1.72. The third kappa shape index (κ3) is 3.15.